The zero-order valence-corrected chi connectivity index (χ0v) is 18.8. The summed E-state index contributed by atoms with van der Waals surface area (Å²) in [7, 11) is 0. The van der Waals surface area contributed by atoms with Crippen LogP contribution in [0, 0.1) is 11.7 Å². The third-order valence-electron chi connectivity index (χ3n) is 6.78. The summed E-state index contributed by atoms with van der Waals surface area (Å²) in [5.41, 5.74) is 2.70. The molecule has 1 amide bonds. The molecule has 0 bridgehead atoms. The summed E-state index contributed by atoms with van der Waals surface area (Å²) in [6.45, 7) is 3.30. The number of rotatable bonds is 5. The zero-order valence-electron chi connectivity index (χ0n) is 18.8. The fourth-order valence-corrected chi connectivity index (χ4v) is 4.89. The molecule has 0 aliphatic carbocycles. The van der Waals surface area contributed by atoms with Gasteiger partial charge in [0.25, 0.3) is 5.91 Å². The molecule has 3 aromatic rings. The summed E-state index contributed by atoms with van der Waals surface area (Å²) in [5, 5.41) is 0. The lowest BCUT2D eigenvalue weighted by molar-refractivity contribution is 0.0792. The summed E-state index contributed by atoms with van der Waals surface area (Å²) < 4.78 is 13.4. The summed E-state index contributed by atoms with van der Waals surface area (Å²) >= 11 is 0. The molecule has 2 aliphatic rings. The van der Waals surface area contributed by atoms with Crippen molar-refractivity contribution in [3.63, 3.8) is 0 Å². The Balaban J connectivity index is 1.39. The normalized spacial score (nSPS) is 16.9. The fourth-order valence-electron chi connectivity index (χ4n) is 4.89. The second-order valence-corrected chi connectivity index (χ2v) is 9.06. The number of hydrogen-bond donors (Lipinski definition) is 0. The topological polar surface area (TPSA) is 49.3 Å². The lowest BCUT2D eigenvalue weighted by Crippen LogP contribution is -2.37. The van der Waals surface area contributed by atoms with E-state index in [1.807, 2.05) is 4.90 Å². The number of piperidine rings is 1. The highest BCUT2D eigenvalue weighted by Crippen LogP contribution is 2.30. The first-order valence-electron chi connectivity index (χ1n) is 11.9. The SMILES string of the molecule is O=C(c1cnc(-c2ccc(F)cc2)nc1N1CCC(Cc2ccccc2)CC1)N1CCCC1. The van der Waals surface area contributed by atoms with Gasteiger partial charge >= 0.3 is 0 Å². The Hall–Kier alpha value is -3.28. The van der Waals surface area contributed by atoms with E-state index in [1.54, 1.807) is 18.3 Å². The molecule has 1 aromatic heterocycles. The monoisotopic (exact) mass is 444 g/mol. The number of likely N-dealkylation sites (tertiary alicyclic amines) is 1. The number of carbonyl (C=O) groups is 1. The maximum absolute atomic E-state index is 13.4. The van der Waals surface area contributed by atoms with Gasteiger partial charge in [-0.15, -0.1) is 0 Å². The van der Waals surface area contributed by atoms with E-state index in [9.17, 15) is 9.18 Å². The van der Waals surface area contributed by atoms with Crippen LogP contribution in [0.1, 0.15) is 41.6 Å². The molecule has 0 atom stereocenters. The van der Waals surface area contributed by atoms with Crippen LogP contribution in [0.15, 0.2) is 60.8 Å². The van der Waals surface area contributed by atoms with Gasteiger partial charge in [0.05, 0.1) is 0 Å². The smallest absolute Gasteiger partial charge is 0.259 e. The van der Waals surface area contributed by atoms with Crippen molar-refractivity contribution < 1.29 is 9.18 Å². The van der Waals surface area contributed by atoms with Crippen molar-refractivity contribution in [3.8, 4) is 11.4 Å². The zero-order chi connectivity index (χ0) is 22.6. The lowest BCUT2D eigenvalue weighted by atomic mass is 9.90. The van der Waals surface area contributed by atoms with Gasteiger partial charge in [0, 0.05) is 37.9 Å². The predicted molar refractivity (Wildman–Crippen MR) is 128 cm³/mol. The van der Waals surface area contributed by atoms with Gasteiger partial charge in [-0.05, 0) is 67.9 Å². The molecule has 0 N–H and O–H groups in total. The molecule has 0 spiro atoms. The second-order valence-electron chi connectivity index (χ2n) is 9.06. The van der Waals surface area contributed by atoms with Gasteiger partial charge in [-0.25, -0.2) is 14.4 Å². The van der Waals surface area contributed by atoms with Gasteiger partial charge in [0.15, 0.2) is 5.82 Å². The molecule has 5 nitrogen and oxygen atoms in total. The Morgan fingerprint density at radius 2 is 1.64 bits per heavy atom. The number of aromatic nitrogens is 2. The summed E-state index contributed by atoms with van der Waals surface area (Å²) in [4.78, 5) is 26.8. The van der Waals surface area contributed by atoms with Gasteiger partial charge in [-0.1, -0.05) is 30.3 Å². The van der Waals surface area contributed by atoms with Crippen LogP contribution in [0.3, 0.4) is 0 Å². The van der Waals surface area contributed by atoms with Crippen LogP contribution in [0.2, 0.25) is 0 Å². The van der Waals surface area contributed by atoms with Gasteiger partial charge in [0.1, 0.15) is 17.2 Å². The minimum Gasteiger partial charge on any atom is -0.356 e. The number of halogens is 1. The minimum atomic E-state index is -0.291. The molecule has 170 valence electrons. The van der Waals surface area contributed by atoms with Crippen LogP contribution < -0.4 is 4.90 Å². The van der Waals surface area contributed by atoms with Gasteiger partial charge in [-0.3, -0.25) is 4.79 Å². The van der Waals surface area contributed by atoms with E-state index in [2.05, 4.69) is 40.2 Å². The number of hydrogen-bond acceptors (Lipinski definition) is 4. The van der Waals surface area contributed by atoms with Gasteiger partial charge < -0.3 is 9.80 Å². The quantitative estimate of drug-likeness (QED) is 0.557. The second kappa shape index (κ2) is 9.69. The van der Waals surface area contributed by atoms with E-state index in [4.69, 9.17) is 4.98 Å². The van der Waals surface area contributed by atoms with Crippen LogP contribution in [0.25, 0.3) is 11.4 Å². The summed E-state index contributed by atoms with van der Waals surface area (Å²) in [6, 6.07) is 16.8. The molecule has 3 heterocycles. The highest BCUT2D eigenvalue weighted by molar-refractivity contribution is 5.99. The first kappa shape index (κ1) is 21.6. The van der Waals surface area contributed by atoms with Gasteiger partial charge in [0.2, 0.25) is 0 Å². The van der Waals surface area contributed by atoms with Crippen LogP contribution in [0.4, 0.5) is 10.2 Å². The Bertz CT molecular complexity index is 1090. The number of anilines is 1. The molecule has 2 aromatic carbocycles. The molecule has 2 fully saturated rings. The third kappa shape index (κ3) is 4.90. The van der Waals surface area contributed by atoms with Crippen molar-refractivity contribution in [1.29, 1.82) is 0 Å². The molecule has 5 rings (SSSR count). The number of nitrogens with zero attached hydrogens (tertiary/aromatic N) is 4. The van der Waals surface area contributed by atoms with Crippen LogP contribution >= 0.6 is 0 Å². The predicted octanol–water partition coefficient (Wildman–Crippen LogP) is 4.98. The highest BCUT2D eigenvalue weighted by atomic mass is 19.1. The van der Waals surface area contributed by atoms with Gasteiger partial charge in [-0.2, -0.15) is 0 Å². The molecule has 0 unspecified atom stereocenters. The number of carbonyl (C=O) groups excluding carboxylic acids is 1. The highest BCUT2D eigenvalue weighted by Gasteiger charge is 2.28. The van der Waals surface area contributed by atoms with Crippen molar-refractivity contribution in [1.82, 2.24) is 14.9 Å². The van der Waals surface area contributed by atoms with Crippen LogP contribution in [-0.4, -0.2) is 47.0 Å². The van der Waals surface area contributed by atoms with Crippen LogP contribution in [0.5, 0.6) is 0 Å². The van der Waals surface area contributed by atoms with E-state index in [1.165, 1.54) is 17.7 Å². The molecule has 33 heavy (non-hydrogen) atoms. The Labute approximate surface area is 194 Å². The average Bonchev–Trinajstić information content (AvgIpc) is 3.40. The maximum atomic E-state index is 13.4. The standard InChI is InChI=1S/C27H29FN4O/c28-23-10-8-22(9-11-23)25-29-19-24(27(33)32-14-4-5-15-32)26(30-25)31-16-12-21(13-17-31)18-20-6-2-1-3-7-20/h1-3,6-11,19,21H,4-5,12-18H2. The average molecular weight is 445 g/mol. The van der Waals surface area contributed by atoms with E-state index in [0.29, 0.717) is 23.1 Å². The van der Waals surface area contributed by atoms with Crippen molar-refractivity contribution >= 4 is 11.7 Å². The maximum Gasteiger partial charge on any atom is 0.259 e. The number of benzene rings is 2. The molecule has 0 radical (unpaired) electrons. The van der Waals surface area contributed by atoms with Crippen molar-refractivity contribution in [2.75, 3.05) is 31.1 Å². The van der Waals surface area contributed by atoms with E-state index in [0.717, 1.165) is 63.8 Å². The van der Waals surface area contributed by atoms with Crippen molar-refractivity contribution in [3.05, 3.63) is 77.7 Å². The Kier molecular flexibility index (Phi) is 6.33. The van der Waals surface area contributed by atoms with Crippen molar-refractivity contribution in [2.24, 2.45) is 5.92 Å². The number of amides is 1. The van der Waals surface area contributed by atoms with Crippen molar-refractivity contribution in [2.45, 2.75) is 32.1 Å². The Morgan fingerprint density at radius 3 is 2.33 bits per heavy atom. The summed E-state index contributed by atoms with van der Waals surface area (Å²) in [5.74, 6) is 1.58. The minimum absolute atomic E-state index is 0.0135. The third-order valence-corrected chi connectivity index (χ3v) is 6.78. The lowest BCUT2D eigenvalue weighted by Gasteiger charge is -2.34. The summed E-state index contributed by atoms with van der Waals surface area (Å²) in [6.07, 6.45) is 6.95. The fraction of sp³-hybridized carbons (Fsp3) is 0.370. The molecule has 0 saturated carbocycles. The molecule has 6 heteroatoms. The van der Waals surface area contributed by atoms with E-state index >= 15 is 0 Å². The first-order chi connectivity index (χ1) is 16.2. The molecule has 2 saturated heterocycles. The molecular weight excluding hydrogens is 415 g/mol. The first-order valence-corrected chi connectivity index (χ1v) is 11.9. The largest absolute Gasteiger partial charge is 0.356 e. The molecular formula is C27H29FN4O. The van der Waals surface area contributed by atoms with Crippen LogP contribution in [-0.2, 0) is 6.42 Å². The van der Waals surface area contributed by atoms with E-state index in [-0.39, 0.29) is 11.7 Å². The molecule has 2 aliphatic heterocycles. The Morgan fingerprint density at radius 1 is 0.939 bits per heavy atom. The van der Waals surface area contributed by atoms with E-state index < -0.39 is 0 Å².